The Morgan fingerprint density at radius 2 is 0.745 bits per heavy atom. The van der Waals surface area contributed by atoms with E-state index in [0.717, 1.165) is 65.0 Å². The van der Waals surface area contributed by atoms with E-state index < -0.39 is 0 Å². The molecule has 0 aromatic heterocycles. The summed E-state index contributed by atoms with van der Waals surface area (Å²) < 4.78 is 11.1. The lowest BCUT2D eigenvalue weighted by Crippen LogP contribution is -2.38. The Balaban J connectivity index is 4.14. The fourth-order valence-corrected chi connectivity index (χ4v) is 6.02. The Kier molecular flexibility index (Phi) is 36.7. The molecule has 0 saturated carbocycles. The third kappa shape index (κ3) is 34.5. The largest absolute Gasteiger partial charge is 0.466 e. The van der Waals surface area contributed by atoms with Gasteiger partial charge in [0, 0.05) is 39.3 Å². The number of unbranched alkanes of at least 4 members (excludes halogenated alkanes) is 20. The van der Waals surface area contributed by atoms with Crippen LogP contribution < -0.4 is 5.32 Å². The van der Waals surface area contributed by atoms with Gasteiger partial charge in [-0.15, -0.1) is 0 Å². The lowest BCUT2D eigenvalue weighted by atomic mass is 10.1. The molecule has 0 fully saturated rings. The zero-order valence-corrected chi connectivity index (χ0v) is 32.1. The summed E-state index contributed by atoms with van der Waals surface area (Å²) in [6.07, 6.45) is 29.0. The number of likely N-dealkylation sites (N-methyl/N-ethyl adjacent to an activating group) is 1. The van der Waals surface area contributed by atoms with E-state index in [4.69, 9.17) is 9.47 Å². The molecule has 280 valence electrons. The van der Waals surface area contributed by atoms with Crippen LogP contribution in [0.4, 0.5) is 0 Å². The average Bonchev–Trinajstić information content (AvgIpc) is 3.08. The van der Waals surface area contributed by atoms with Crippen molar-refractivity contribution in [2.24, 2.45) is 0 Å². The topological polar surface area (TPSA) is 71.1 Å². The van der Waals surface area contributed by atoms with Crippen LogP contribution in [0.25, 0.3) is 0 Å². The second-order valence-electron chi connectivity index (χ2n) is 13.6. The number of hydrogen-bond acceptors (Lipinski definition) is 7. The third-order valence-corrected chi connectivity index (χ3v) is 9.39. The molecule has 7 nitrogen and oxygen atoms in total. The number of carbonyl (C=O) groups is 2. The molecule has 0 aromatic rings. The van der Waals surface area contributed by atoms with Crippen LogP contribution in [0.5, 0.6) is 0 Å². The minimum atomic E-state index is -0.129. The Hall–Kier alpha value is -1.18. The first-order chi connectivity index (χ1) is 23.1. The van der Waals surface area contributed by atoms with Gasteiger partial charge < -0.3 is 24.6 Å². The first kappa shape index (κ1) is 45.8. The number of carbonyl (C=O) groups excluding carboxylic acids is 2. The van der Waals surface area contributed by atoms with Gasteiger partial charge in [0.1, 0.15) is 0 Å². The Morgan fingerprint density at radius 3 is 1.09 bits per heavy atom. The molecule has 0 aromatic carbocycles. The molecule has 0 atom stereocenters. The molecule has 0 heterocycles. The summed E-state index contributed by atoms with van der Waals surface area (Å²) >= 11 is 0. The van der Waals surface area contributed by atoms with E-state index in [1.54, 1.807) is 0 Å². The van der Waals surface area contributed by atoms with Crippen molar-refractivity contribution in [3.05, 3.63) is 0 Å². The SMILES string of the molecule is CCCCCCCCCCCCCOC(=O)CCN(CCNCCN(CC)CC)CCC(=O)OCCCCCCCCCCCCC. The maximum absolute atomic E-state index is 12.5. The Morgan fingerprint density at radius 1 is 0.426 bits per heavy atom. The number of nitrogens with one attached hydrogen (secondary N) is 1. The van der Waals surface area contributed by atoms with Gasteiger partial charge in [0.25, 0.3) is 0 Å². The van der Waals surface area contributed by atoms with Gasteiger partial charge in [-0.25, -0.2) is 0 Å². The highest BCUT2D eigenvalue weighted by atomic mass is 16.5. The minimum Gasteiger partial charge on any atom is -0.466 e. The molecular formula is C40H81N3O4. The molecule has 47 heavy (non-hydrogen) atoms. The van der Waals surface area contributed by atoms with Crippen LogP contribution >= 0.6 is 0 Å². The first-order valence-electron chi connectivity index (χ1n) is 20.5. The number of ether oxygens (including phenoxy) is 2. The first-order valence-corrected chi connectivity index (χ1v) is 20.5. The predicted octanol–water partition coefficient (Wildman–Crippen LogP) is 9.71. The van der Waals surface area contributed by atoms with E-state index in [-0.39, 0.29) is 11.9 Å². The molecule has 0 rings (SSSR count). The zero-order valence-electron chi connectivity index (χ0n) is 32.1. The lowest BCUT2D eigenvalue weighted by molar-refractivity contribution is -0.144. The number of rotatable bonds is 38. The van der Waals surface area contributed by atoms with Crippen LogP contribution in [0.1, 0.15) is 182 Å². The highest BCUT2D eigenvalue weighted by molar-refractivity contribution is 5.70. The van der Waals surface area contributed by atoms with E-state index in [9.17, 15) is 9.59 Å². The molecule has 0 aliphatic rings. The van der Waals surface area contributed by atoms with Crippen LogP contribution in [-0.4, -0.2) is 87.3 Å². The number of hydrogen-bond donors (Lipinski definition) is 1. The zero-order chi connectivity index (χ0) is 34.5. The molecule has 0 aliphatic carbocycles. The van der Waals surface area contributed by atoms with Gasteiger partial charge in [-0.05, 0) is 25.9 Å². The standard InChI is InChI=1S/C40H81N3O4/c1-5-9-11-13-15-17-19-21-23-25-27-37-46-39(44)29-33-43(36-32-41-31-35-42(7-3)8-4)34-30-40(45)47-38-28-26-24-22-20-18-16-14-12-10-6-2/h41H,5-38H2,1-4H3. The van der Waals surface area contributed by atoms with Crippen molar-refractivity contribution >= 4 is 11.9 Å². The monoisotopic (exact) mass is 668 g/mol. The summed E-state index contributed by atoms with van der Waals surface area (Å²) in [5, 5.41) is 3.53. The van der Waals surface area contributed by atoms with E-state index in [1.165, 1.54) is 116 Å². The van der Waals surface area contributed by atoms with Crippen molar-refractivity contribution in [2.75, 3.05) is 65.6 Å². The molecule has 7 heteroatoms. The van der Waals surface area contributed by atoms with Gasteiger partial charge in [-0.3, -0.25) is 9.59 Å². The maximum Gasteiger partial charge on any atom is 0.307 e. The Labute approximate surface area is 293 Å². The Bertz CT molecular complexity index is 615. The van der Waals surface area contributed by atoms with E-state index >= 15 is 0 Å². The van der Waals surface area contributed by atoms with Gasteiger partial charge in [-0.2, -0.15) is 0 Å². The molecular weight excluding hydrogens is 586 g/mol. The summed E-state index contributed by atoms with van der Waals surface area (Å²) in [6, 6.07) is 0. The maximum atomic E-state index is 12.5. The highest BCUT2D eigenvalue weighted by Crippen LogP contribution is 2.13. The van der Waals surface area contributed by atoms with Crippen LogP contribution in [0.2, 0.25) is 0 Å². The summed E-state index contributed by atoms with van der Waals surface area (Å²) in [6.45, 7) is 16.9. The van der Waals surface area contributed by atoms with Crippen molar-refractivity contribution in [3.8, 4) is 0 Å². The van der Waals surface area contributed by atoms with E-state index in [2.05, 4.69) is 42.8 Å². The molecule has 0 amide bonds. The van der Waals surface area contributed by atoms with Crippen LogP contribution in [0.15, 0.2) is 0 Å². The molecule has 0 unspecified atom stereocenters. The van der Waals surface area contributed by atoms with Crippen molar-refractivity contribution < 1.29 is 19.1 Å². The quantitative estimate of drug-likeness (QED) is 0.0519. The van der Waals surface area contributed by atoms with Crippen molar-refractivity contribution in [3.63, 3.8) is 0 Å². The number of esters is 2. The van der Waals surface area contributed by atoms with Gasteiger partial charge in [-0.1, -0.05) is 156 Å². The van der Waals surface area contributed by atoms with E-state index in [1.807, 2.05) is 0 Å². The van der Waals surface area contributed by atoms with Crippen molar-refractivity contribution in [1.82, 2.24) is 15.1 Å². The average molecular weight is 668 g/mol. The van der Waals surface area contributed by atoms with E-state index in [0.29, 0.717) is 39.1 Å². The minimum absolute atomic E-state index is 0.129. The predicted molar refractivity (Wildman–Crippen MR) is 201 cm³/mol. The fraction of sp³-hybridized carbons (Fsp3) is 0.950. The van der Waals surface area contributed by atoms with Gasteiger partial charge in [0.05, 0.1) is 26.1 Å². The summed E-state index contributed by atoms with van der Waals surface area (Å²) in [7, 11) is 0. The highest BCUT2D eigenvalue weighted by Gasteiger charge is 2.12. The molecule has 0 saturated heterocycles. The van der Waals surface area contributed by atoms with Crippen LogP contribution in [0.3, 0.4) is 0 Å². The molecule has 0 spiro atoms. The molecule has 1 N–H and O–H groups in total. The van der Waals surface area contributed by atoms with Crippen LogP contribution in [-0.2, 0) is 19.1 Å². The molecule has 0 aliphatic heterocycles. The molecule has 0 radical (unpaired) electrons. The third-order valence-electron chi connectivity index (χ3n) is 9.39. The summed E-state index contributed by atoms with van der Waals surface area (Å²) in [4.78, 5) is 29.5. The van der Waals surface area contributed by atoms with Crippen LogP contribution in [0, 0.1) is 0 Å². The summed E-state index contributed by atoms with van der Waals surface area (Å²) in [5.74, 6) is -0.258. The normalized spacial score (nSPS) is 11.5. The van der Waals surface area contributed by atoms with Crippen molar-refractivity contribution in [2.45, 2.75) is 182 Å². The van der Waals surface area contributed by atoms with Crippen molar-refractivity contribution in [1.29, 1.82) is 0 Å². The number of nitrogens with zero attached hydrogens (tertiary/aromatic N) is 2. The molecule has 0 bridgehead atoms. The van der Waals surface area contributed by atoms with Gasteiger partial charge in [0.2, 0.25) is 0 Å². The second kappa shape index (κ2) is 37.6. The lowest BCUT2D eigenvalue weighted by Gasteiger charge is -2.23. The van der Waals surface area contributed by atoms with Gasteiger partial charge in [0.15, 0.2) is 0 Å². The van der Waals surface area contributed by atoms with Gasteiger partial charge >= 0.3 is 11.9 Å². The smallest absolute Gasteiger partial charge is 0.307 e. The second-order valence-corrected chi connectivity index (χ2v) is 13.6. The summed E-state index contributed by atoms with van der Waals surface area (Å²) in [5.41, 5.74) is 0. The fourth-order valence-electron chi connectivity index (χ4n) is 6.02.